The van der Waals surface area contributed by atoms with Crippen LogP contribution in [0.2, 0.25) is 0 Å². The molecule has 0 bridgehead atoms. The second-order valence-electron chi connectivity index (χ2n) is 5.06. The van der Waals surface area contributed by atoms with Crippen LogP contribution in [0.1, 0.15) is 35.7 Å². The molecule has 2 rings (SSSR count). The number of hydrogen-bond acceptors (Lipinski definition) is 3. The molecule has 21 heavy (non-hydrogen) atoms. The van der Waals surface area contributed by atoms with Gasteiger partial charge in [0.05, 0.1) is 23.7 Å². The van der Waals surface area contributed by atoms with Gasteiger partial charge < -0.3 is 10.2 Å². The third kappa shape index (κ3) is 3.73. The van der Waals surface area contributed by atoms with Crippen molar-refractivity contribution in [2.75, 3.05) is 13.1 Å². The van der Waals surface area contributed by atoms with Crippen molar-refractivity contribution in [3.8, 4) is 6.07 Å². The third-order valence-corrected chi connectivity index (χ3v) is 4.29. The normalized spacial score (nSPS) is 17.4. The summed E-state index contributed by atoms with van der Waals surface area (Å²) in [4.78, 5) is 26.0. The summed E-state index contributed by atoms with van der Waals surface area (Å²) in [7, 11) is 0. The van der Waals surface area contributed by atoms with E-state index in [-0.39, 0.29) is 24.4 Å². The largest absolute Gasteiger partial charge is 0.343 e. The molecule has 6 heteroatoms. The quantitative estimate of drug-likeness (QED) is 0.792. The third-order valence-electron chi connectivity index (χ3n) is 3.62. The van der Waals surface area contributed by atoms with Gasteiger partial charge in [0, 0.05) is 16.2 Å². The van der Waals surface area contributed by atoms with Gasteiger partial charge in [0.15, 0.2) is 0 Å². The fourth-order valence-corrected chi connectivity index (χ4v) is 2.95. The molecule has 0 aromatic heterocycles. The van der Waals surface area contributed by atoms with E-state index in [1.807, 2.05) is 13.0 Å². The van der Waals surface area contributed by atoms with Crippen LogP contribution in [0.4, 0.5) is 0 Å². The maximum Gasteiger partial charge on any atom is 0.253 e. The number of benzene rings is 1. The highest BCUT2D eigenvalue weighted by atomic mass is 127. The highest BCUT2D eigenvalue weighted by molar-refractivity contribution is 14.1. The lowest BCUT2D eigenvalue weighted by Crippen LogP contribution is -2.41. The van der Waals surface area contributed by atoms with Gasteiger partial charge in [0.25, 0.3) is 5.91 Å². The smallest absolute Gasteiger partial charge is 0.253 e. The van der Waals surface area contributed by atoms with Crippen molar-refractivity contribution in [2.45, 2.75) is 25.8 Å². The number of hydrogen-bond donors (Lipinski definition) is 1. The van der Waals surface area contributed by atoms with Gasteiger partial charge in [-0.1, -0.05) is 0 Å². The summed E-state index contributed by atoms with van der Waals surface area (Å²) in [6, 6.07) is 7.26. The topological polar surface area (TPSA) is 73.2 Å². The predicted octanol–water partition coefficient (Wildman–Crippen LogP) is 1.90. The molecule has 0 radical (unpaired) electrons. The van der Waals surface area contributed by atoms with E-state index < -0.39 is 0 Å². The molecule has 1 N–H and O–H groups in total. The monoisotopic (exact) mass is 397 g/mol. The molecule has 1 aliphatic rings. The van der Waals surface area contributed by atoms with E-state index in [4.69, 9.17) is 5.26 Å². The fraction of sp³-hybridized carbons (Fsp3) is 0.400. The Labute approximate surface area is 137 Å². The minimum atomic E-state index is -0.384. The highest BCUT2D eigenvalue weighted by Crippen LogP contribution is 2.16. The molecule has 0 aliphatic carbocycles. The first-order valence-electron chi connectivity index (χ1n) is 6.80. The number of amides is 2. The Bertz CT molecular complexity index is 609. The number of rotatable bonds is 3. The zero-order valence-corrected chi connectivity index (χ0v) is 13.9. The molecule has 0 saturated carbocycles. The molecule has 1 aliphatic heterocycles. The van der Waals surface area contributed by atoms with Gasteiger partial charge in [-0.15, -0.1) is 0 Å². The van der Waals surface area contributed by atoms with Crippen LogP contribution in [0.25, 0.3) is 0 Å². The van der Waals surface area contributed by atoms with Crippen LogP contribution in [-0.2, 0) is 4.79 Å². The number of nitriles is 1. The van der Waals surface area contributed by atoms with E-state index in [9.17, 15) is 9.59 Å². The Morgan fingerprint density at radius 3 is 2.90 bits per heavy atom. The van der Waals surface area contributed by atoms with Crippen LogP contribution >= 0.6 is 22.6 Å². The number of halogens is 1. The molecule has 1 saturated heterocycles. The van der Waals surface area contributed by atoms with Gasteiger partial charge in [0.2, 0.25) is 5.91 Å². The molecular weight excluding hydrogens is 381 g/mol. The molecule has 1 heterocycles. The van der Waals surface area contributed by atoms with Gasteiger partial charge in [-0.2, -0.15) is 5.26 Å². The van der Waals surface area contributed by atoms with E-state index in [0.29, 0.717) is 11.1 Å². The minimum absolute atomic E-state index is 0.0283. The van der Waals surface area contributed by atoms with Crippen molar-refractivity contribution in [1.82, 2.24) is 10.2 Å². The first-order valence-corrected chi connectivity index (χ1v) is 7.88. The van der Waals surface area contributed by atoms with Crippen LogP contribution in [0.5, 0.6) is 0 Å². The van der Waals surface area contributed by atoms with Gasteiger partial charge in [0.1, 0.15) is 0 Å². The van der Waals surface area contributed by atoms with E-state index >= 15 is 0 Å². The first kappa shape index (κ1) is 15.8. The standard InChI is InChI=1S/C15H16IN3O2/c1-10-3-2-6-19(10)14(20)9-18-15(21)13-7-12(16)5-4-11(13)8-17/h4-5,7,10H,2-3,6,9H2,1H3,(H,18,21). The number of nitrogens with zero attached hydrogens (tertiary/aromatic N) is 2. The number of carbonyl (C=O) groups is 2. The molecule has 1 unspecified atom stereocenters. The lowest BCUT2D eigenvalue weighted by molar-refractivity contribution is -0.130. The summed E-state index contributed by atoms with van der Waals surface area (Å²) in [5.74, 6) is -0.456. The summed E-state index contributed by atoms with van der Waals surface area (Å²) in [6.45, 7) is 2.74. The molecule has 2 amide bonds. The van der Waals surface area contributed by atoms with Crippen LogP contribution in [0.15, 0.2) is 18.2 Å². The van der Waals surface area contributed by atoms with Gasteiger partial charge in [-0.3, -0.25) is 9.59 Å². The number of carbonyl (C=O) groups excluding carboxylic acids is 2. The first-order chi connectivity index (χ1) is 10.0. The SMILES string of the molecule is CC1CCCN1C(=O)CNC(=O)c1cc(I)ccc1C#N. The van der Waals surface area contributed by atoms with Crippen molar-refractivity contribution in [2.24, 2.45) is 0 Å². The highest BCUT2D eigenvalue weighted by Gasteiger charge is 2.25. The van der Waals surface area contributed by atoms with E-state index in [1.54, 1.807) is 23.1 Å². The molecule has 110 valence electrons. The summed E-state index contributed by atoms with van der Waals surface area (Å²) in [5, 5.41) is 11.6. The van der Waals surface area contributed by atoms with E-state index in [2.05, 4.69) is 27.9 Å². The minimum Gasteiger partial charge on any atom is -0.343 e. The average molecular weight is 397 g/mol. The second kappa shape index (κ2) is 6.89. The second-order valence-corrected chi connectivity index (χ2v) is 6.31. The Kier molecular flexibility index (Phi) is 5.17. The Hall–Kier alpha value is -1.62. The zero-order valence-electron chi connectivity index (χ0n) is 11.7. The van der Waals surface area contributed by atoms with Crippen molar-refractivity contribution in [1.29, 1.82) is 5.26 Å². The molecule has 1 aromatic carbocycles. The molecule has 1 aromatic rings. The zero-order chi connectivity index (χ0) is 15.4. The molecule has 5 nitrogen and oxygen atoms in total. The van der Waals surface area contributed by atoms with Gasteiger partial charge in [-0.05, 0) is 60.6 Å². The van der Waals surface area contributed by atoms with Crippen molar-refractivity contribution in [3.63, 3.8) is 0 Å². The van der Waals surface area contributed by atoms with Crippen LogP contribution in [0, 0.1) is 14.9 Å². The average Bonchev–Trinajstić information content (AvgIpc) is 2.90. The lowest BCUT2D eigenvalue weighted by Gasteiger charge is -2.21. The number of likely N-dealkylation sites (tertiary alicyclic amines) is 1. The summed E-state index contributed by atoms with van der Waals surface area (Å²) >= 11 is 2.08. The van der Waals surface area contributed by atoms with E-state index in [1.165, 1.54) is 0 Å². The Balaban J connectivity index is 2.01. The van der Waals surface area contributed by atoms with E-state index in [0.717, 1.165) is 23.0 Å². The summed E-state index contributed by atoms with van der Waals surface area (Å²) in [6.07, 6.45) is 2.02. The molecule has 1 atom stereocenters. The van der Waals surface area contributed by atoms with Gasteiger partial charge >= 0.3 is 0 Å². The van der Waals surface area contributed by atoms with Crippen molar-refractivity contribution in [3.05, 3.63) is 32.9 Å². The number of nitrogens with one attached hydrogen (secondary N) is 1. The van der Waals surface area contributed by atoms with Gasteiger partial charge in [-0.25, -0.2) is 0 Å². The summed E-state index contributed by atoms with van der Waals surface area (Å²) in [5.41, 5.74) is 0.626. The predicted molar refractivity (Wildman–Crippen MR) is 86.6 cm³/mol. The molecular formula is C15H16IN3O2. The summed E-state index contributed by atoms with van der Waals surface area (Å²) < 4.78 is 0.872. The molecule has 1 fully saturated rings. The lowest BCUT2D eigenvalue weighted by atomic mass is 10.1. The maximum absolute atomic E-state index is 12.1. The maximum atomic E-state index is 12.1. The van der Waals surface area contributed by atoms with Crippen LogP contribution in [-0.4, -0.2) is 35.8 Å². The van der Waals surface area contributed by atoms with Crippen molar-refractivity contribution >= 4 is 34.4 Å². The fourth-order valence-electron chi connectivity index (χ4n) is 2.46. The van der Waals surface area contributed by atoms with Crippen LogP contribution in [0.3, 0.4) is 0 Å². The van der Waals surface area contributed by atoms with Crippen molar-refractivity contribution < 1.29 is 9.59 Å². The molecule has 0 spiro atoms. The Morgan fingerprint density at radius 1 is 1.52 bits per heavy atom. The Morgan fingerprint density at radius 2 is 2.29 bits per heavy atom. The van der Waals surface area contributed by atoms with Crippen LogP contribution < -0.4 is 5.32 Å².